The number of nitrogens with zero attached hydrogens (tertiary/aromatic N) is 2. The van der Waals surface area contributed by atoms with Gasteiger partial charge in [-0.1, -0.05) is 35.6 Å². The molecule has 0 N–H and O–H groups in total. The Morgan fingerprint density at radius 2 is 1.93 bits per heavy atom. The zero-order chi connectivity index (χ0) is 20.9. The summed E-state index contributed by atoms with van der Waals surface area (Å²) in [4.78, 5) is 16.9. The molecule has 0 saturated heterocycles. The number of hydrogen-bond acceptors (Lipinski definition) is 5. The average molecular weight is 437 g/mol. The van der Waals surface area contributed by atoms with Gasteiger partial charge in [-0.2, -0.15) is 4.99 Å². The number of para-hydroxylation sites is 1. The minimum absolute atomic E-state index is 0.170. The molecule has 0 saturated carbocycles. The Kier molecular flexibility index (Phi) is 6.94. The maximum absolute atomic E-state index is 14.3. The molecule has 1 aromatic heterocycles. The van der Waals surface area contributed by atoms with Crippen molar-refractivity contribution < 1.29 is 22.3 Å². The molecule has 1 heterocycles. The fourth-order valence-electron chi connectivity index (χ4n) is 2.81. The number of amides is 1. The summed E-state index contributed by atoms with van der Waals surface area (Å²) in [5, 5.41) is 0. The van der Waals surface area contributed by atoms with E-state index in [-0.39, 0.29) is 17.1 Å². The van der Waals surface area contributed by atoms with Gasteiger partial charge in [-0.25, -0.2) is 12.8 Å². The molecular formula is C20H21FN2O4S2. The zero-order valence-corrected chi connectivity index (χ0v) is 17.5. The number of benzene rings is 2. The smallest absolute Gasteiger partial charge is 0.249 e. The monoisotopic (exact) mass is 436 g/mol. The Balaban J connectivity index is 1.86. The Morgan fingerprint density at radius 3 is 2.66 bits per heavy atom. The van der Waals surface area contributed by atoms with E-state index in [1.807, 2.05) is 6.92 Å². The predicted octanol–water partition coefficient (Wildman–Crippen LogP) is 3.17. The number of sulfone groups is 1. The quantitative estimate of drug-likeness (QED) is 0.508. The van der Waals surface area contributed by atoms with E-state index >= 15 is 0 Å². The number of thiazole rings is 1. The third-order valence-corrected chi connectivity index (χ3v) is 7.00. The normalized spacial score (nSPS) is 12.6. The van der Waals surface area contributed by atoms with Gasteiger partial charge in [0.2, 0.25) is 5.91 Å². The summed E-state index contributed by atoms with van der Waals surface area (Å²) in [6.07, 6.45) is -0.251. The summed E-state index contributed by atoms with van der Waals surface area (Å²) in [7, 11) is -3.57. The average Bonchev–Trinajstić information content (AvgIpc) is 3.06. The van der Waals surface area contributed by atoms with Crippen LogP contribution in [0.1, 0.15) is 13.3 Å². The molecule has 0 spiro atoms. The molecule has 0 atom stereocenters. The van der Waals surface area contributed by atoms with Gasteiger partial charge >= 0.3 is 0 Å². The van der Waals surface area contributed by atoms with Gasteiger partial charge in [0.1, 0.15) is 5.82 Å². The van der Waals surface area contributed by atoms with Crippen LogP contribution in [-0.4, -0.2) is 37.9 Å². The minimum atomic E-state index is -3.57. The SMILES string of the molecule is CCOCCn1c(=NC(=O)CCS(=O)(=O)c2ccccc2)sc2cccc(F)c21. The van der Waals surface area contributed by atoms with Crippen LogP contribution in [-0.2, 0) is 25.9 Å². The van der Waals surface area contributed by atoms with Crippen LogP contribution in [0.5, 0.6) is 0 Å². The highest BCUT2D eigenvalue weighted by Crippen LogP contribution is 2.20. The summed E-state index contributed by atoms with van der Waals surface area (Å²) < 4.78 is 46.7. The van der Waals surface area contributed by atoms with Gasteiger partial charge < -0.3 is 9.30 Å². The number of fused-ring (bicyclic) bond motifs is 1. The van der Waals surface area contributed by atoms with E-state index in [0.717, 1.165) is 0 Å². The summed E-state index contributed by atoms with van der Waals surface area (Å²) in [5.41, 5.74) is 0.362. The topological polar surface area (TPSA) is 77.7 Å². The molecule has 9 heteroatoms. The highest BCUT2D eigenvalue weighted by Gasteiger charge is 2.17. The van der Waals surface area contributed by atoms with Crippen LogP contribution in [0.2, 0.25) is 0 Å². The van der Waals surface area contributed by atoms with E-state index in [4.69, 9.17) is 4.74 Å². The Labute approximate surface area is 172 Å². The highest BCUT2D eigenvalue weighted by atomic mass is 32.2. The number of halogens is 1. The second kappa shape index (κ2) is 9.43. The molecule has 29 heavy (non-hydrogen) atoms. The first-order valence-corrected chi connectivity index (χ1v) is 11.6. The number of hydrogen-bond donors (Lipinski definition) is 0. The van der Waals surface area contributed by atoms with Crippen LogP contribution >= 0.6 is 11.3 Å². The van der Waals surface area contributed by atoms with Crippen molar-refractivity contribution in [1.29, 1.82) is 0 Å². The van der Waals surface area contributed by atoms with Crippen molar-refractivity contribution in [3.63, 3.8) is 0 Å². The minimum Gasteiger partial charge on any atom is -0.380 e. The lowest BCUT2D eigenvalue weighted by molar-refractivity contribution is -0.117. The molecule has 6 nitrogen and oxygen atoms in total. The summed E-state index contributed by atoms with van der Waals surface area (Å²) in [6, 6.07) is 12.7. The molecule has 0 aliphatic carbocycles. The van der Waals surface area contributed by atoms with Crippen molar-refractivity contribution in [3.05, 3.63) is 59.1 Å². The lowest BCUT2D eigenvalue weighted by Crippen LogP contribution is -2.21. The lowest BCUT2D eigenvalue weighted by atomic mass is 10.3. The molecule has 0 aliphatic rings. The predicted molar refractivity (Wildman–Crippen MR) is 110 cm³/mol. The Hall–Kier alpha value is -2.36. The van der Waals surface area contributed by atoms with Crippen LogP contribution in [0.3, 0.4) is 0 Å². The van der Waals surface area contributed by atoms with Crippen LogP contribution in [0, 0.1) is 5.82 Å². The standard InChI is InChI=1S/C20H21FN2O4S2/c1-2-27-13-12-23-19-16(21)9-6-10-17(19)28-20(23)22-18(24)11-14-29(25,26)15-7-4-3-5-8-15/h3-10H,2,11-14H2,1H3. The number of rotatable bonds is 8. The van der Waals surface area contributed by atoms with Crippen molar-refractivity contribution in [2.45, 2.75) is 24.8 Å². The molecule has 0 fully saturated rings. The maximum Gasteiger partial charge on any atom is 0.249 e. The van der Waals surface area contributed by atoms with Gasteiger partial charge in [-0.05, 0) is 31.2 Å². The van der Waals surface area contributed by atoms with E-state index in [1.54, 1.807) is 34.9 Å². The third kappa shape index (κ3) is 5.17. The highest BCUT2D eigenvalue weighted by molar-refractivity contribution is 7.91. The molecule has 1 amide bonds. The van der Waals surface area contributed by atoms with Crippen molar-refractivity contribution >= 4 is 37.3 Å². The molecule has 3 rings (SSSR count). The number of carbonyl (C=O) groups excluding carboxylic acids is 1. The molecular weight excluding hydrogens is 415 g/mol. The van der Waals surface area contributed by atoms with Gasteiger partial charge in [-0.15, -0.1) is 0 Å². The second-order valence-electron chi connectivity index (χ2n) is 6.21. The number of ether oxygens (including phenoxy) is 1. The van der Waals surface area contributed by atoms with E-state index < -0.39 is 21.6 Å². The van der Waals surface area contributed by atoms with Gasteiger partial charge in [0.15, 0.2) is 14.6 Å². The van der Waals surface area contributed by atoms with Crippen molar-refractivity contribution in [3.8, 4) is 0 Å². The number of carbonyl (C=O) groups is 1. The molecule has 2 aromatic carbocycles. The van der Waals surface area contributed by atoms with Crippen molar-refractivity contribution in [1.82, 2.24) is 4.57 Å². The first-order valence-electron chi connectivity index (χ1n) is 9.13. The van der Waals surface area contributed by atoms with Crippen molar-refractivity contribution in [2.75, 3.05) is 19.0 Å². The number of aromatic nitrogens is 1. The zero-order valence-electron chi connectivity index (χ0n) is 15.9. The second-order valence-corrected chi connectivity index (χ2v) is 9.33. The van der Waals surface area contributed by atoms with Gasteiger partial charge in [0.05, 0.1) is 27.5 Å². The van der Waals surface area contributed by atoms with E-state index in [1.165, 1.54) is 29.5 Å². The lowest BCUT2D eigenvalue weighted by Gasteiger charge is -2.06. The van der Waals surface area contributed by atoms with Gasteiger partial charge in [0.25, 0.3) is 0 Å². The molecule has 0 aliphatic heterocycles. The van der Waals surface area contributed by atoms with E-state index in [0.29, 0.717) is 34.8 Å². The van der Waals surface area contributed by atoms with Crippen LogP contribution < -0.4 is 4.80 Å². The summed E-state index contributed by atoms with van der Waals surface area (Å²) in [5.74, 6) is -1.31. The molecule has 0 bridgehead atoms. The molecule has 0 unspecified atom stereocenters. The van der Waals surface area contributed by atoms with Crippen LogP contribution in [0.15, 0.2) is 58.4 Å². The first-order chi connectivity index (χ1) is 13.9. The van der Waals surface area contributed by atoms with E-state index in [2.05, 4.69) is 4.99 Å². The third-order valence-electron chi connectivity index (χ3n) is 4.22. The van der Waals surface area contributed by atoms with E-state index in [9.17, 15) is 17.6 Å². The molecule has 154 valence electrons. The molecule has 3 aromatic rings. The maximum atomic E-state index is 14.3. The van der Waals surface area contributed by atoms with Gasteiger partial charge in [0, 0.05) is 19.6 Å². The van der Waals surface area contributed by atoms with Crippen molar-refractivity contribution in [2.24, 2.45) is 4.99 Å². The fraction of sp³-hybridized carbons (Fsp3) is 0.300. The Bertz CT molecular complexity index is 1170. The molecule has 0 radical (unpaired) electrons. The van der Waals surface area contributed by atoms with Crippen LogP contribution in [0.4, 0.5) is 4.39 Å². The summed E-state index contributed by atoms with van der Waals surface area (Å²) in [6.45, 7) is 3.07. The Morgan fingerprint density at radius 1 is 1.17 bits per heavy atom. The summed E-state index contributed by atoms with van der Waals surface area (Å²) >= 11 is 1.18. The first kappa shape index (κ1) is 21.4. The largest absolute Gasteiger partial charge is 0.380 e. The van der Waals surface area contributed by atoms with Crippen LogP contribution in [0.25, 0.3) is 10.2 Å². The fourth-order valence-corrected chi connectivity index (χ4v) is 5.15. The van der Waals surface area contributed by atoms with Gasteiger partial charge in [-0.3, -0.25) is 4.79 Å².